The van der Waals surface area contributed by atoms with Crippen molar-refractivity contribution in [2.45, 2.75) is 25.4 Å². The fraction of sp³-hybridized carbons (Fsp3) is 0.350. The van der Waals surface area contributed by atoms with Crippen LogP contribution in [0.5, 0.6) is 0 Å². The summed E-state index contributed by atoms with van der Waals surface area (Å²) in [5.41, 5.74) is 3.28. The third kappa shape index (κ3) is 3.92. The summed E-state index contributed by atoms with van der Waals surface area (Å²) in [7, 11) is -3.52. The number of benzene rings is 2. The van der Waals surface area contributed by atoms with E-state index in [0.717, 1.165) is 21.1 Å². The highest BCUT2D eigenvalue weighted by molar-refractivity contribution is 9.10. The summed E-state index contributed by atoms with van der Waals surface area (Å²) in [5.74, 6) is -0.414. The Labute approximate surface area is 177 Å². The fourth-order valence-electron chi connectivity index (χ4n) is 3.51. The molecule has 0 N–H and O–H groups in total. The Morgan fingerprint density at radius 1 is 1.00 bits per heavy atom. The molecule has 2 aromatic carbocycles. The normalized spacial score (nSPS) is 16.5. The number of rotatable bonds is 4. The predicted octanol–water partition coefficient (Wildman–Crippen LogP) is 2.94. The first-order valence-electron chi connectivity index (χ1n) is 9.34. The summed E-state index contributed by atoms with van der Waals surface area (Å²) >= 11 is 3.37. The van der Waals surface area contributed by atoms with Crippen molar-refractivity contribution in [2.75, 3.05) is 26.2 Å². The van der Waals surface area contributed by atoms with E-state index in [1.165, 1.54) is 4.31 Å². The van der Waals surface area contributed by atoms with Crippen molar-refractivity contribution < 1.29 is 12.8 Å². The first-order chi connectivity index (χ1) is 13.8. The molecule has 29 heavy (non-hydrogen) atoms. The molecule has 2 heterocycles. The molecular formula is C20H22BrN3O4S. The Hall–Kier alpha value is -1.94. The number of fused-ring (bicyclic) bond motifs is 1. The number of hydrogen-bond donors (Lipinski definition) is 0. The number of halogens is 1. The zero-order valence-corrected chi connectivity index (χ0v) is 18.7. The van der Waals surface area contributed by atoms with Crippen LogP contribution in [-0.4, -0.2) is 48.4 Å². The minimum absolute atomic E-state index is 0.330. The maximum absolute atomic E-state index is 13.0. The van der Waals surface area contributed by atoms with Gasteiger partial charge in [-0.1, -0.05) is 22.0 Å². The molecule has 1 aliphatic heterocycles. The molecule has 1 fully saturated rings. The van der Waals surface area contributed by atoms with Gasteiger partial charge in [-0.05, 0) is 55.3 Å². The summed E-state index contributed by atoms with van der Waals surface area (Å²) in [6, 6.07) is 10.7. The molecule has 0 radical (unpaired) electrons. The van der Waals surface area contributed by atoms with Crippen LogP contribution in [0.4, 0.5) is 0 Å². The van der Waals surface area contributed by atoms with E-state index in [1.807, 2.05) is 32.0 Å². The van der Waals surface area contributed by atoms with Gasteiger partial charge < -0.3 is 4.42 Å². The number of oxazole rings is 1. The molecule has 0 amide bonds. The average Bonchev–Trinajstić information content (AvgIpc) is 2.98. The van der Waals surface area contributed by atoms with Crippen LogP contribution < -0.4 is 5.76 Å². The first kappa shape index (κ1) is 20.3. The molecule has 0 atom stereocenters. The minimum Gasteiger partial charge on any atom is -0.408 e. The number of piperazine rings is 1. The highest BCUT2D eigenvalue weighted by Gasteiger charge is 2.29. The van der Waals surface area contributed by atoms with Crippen molar-refractivity contribution in [2.24, 2.45) is 0 Å². The van der Waals surface area contributed by atoms with Crippen molar-refractivity contribution >= 4 is 37.1 Å². The Kier molecular flexibility index (Phi) is 5.41. The van der Waals surface area contributed by atoms with Gasteiger partial charge in [0.15, 0.2) is 5.58 Å². The lowest BCUT2D eigenvalue weighted by Crippen LogP contribution is -2.49. The summed E-state index contributed by atoms with van der Waals surface area (Å²) in [5, 5.41) is 0. The molecule has 7 nitrogen and oxygen atoms in total. The van der Waals surface area contributed by atoms with Gasteiger partial charge in [-0.3, -0.25) is 9.47 Å². The van der Waals surface area contributed by atoms with Gasteiger partial charge in [-0.2, -0.15) is 4.31 Å². The summed E-state index contributed by atoms with van der Waals surface area (Å²) < 4.78 is 35.2. The van der Waals surface area contributed by atoms with Crippen molar-refractivity contribution in [1.29, 1.82) is 0 Å². The van der Waals surface area contributed by atoms with Crippen molar-refractivity contribution in [3.8, 4) is 0 Å². The van der Waals surface area contributed by atoms with Crippen molar-refractivity contribution in [1.82, 2.24) is 13.8 Å². The fourth-order valence-corrected chi connectivity index (χ4v) is 5.36. The molecule has 0 spiro atoms. The Morgan fingerprint density at radius 3 is 2.41 bits per heavy atom. The molecule has 4 rings (SSSR count). The predicted molar refractivity (Wildman–Crippen MR) is 114 cm³/mol. The van der Waals surface area contributed by atoms with Crippen LogP contribution in [0, 0.1) is 13.8 Å². The molecule has 0 bridgehead atoms. The average molecular weight is 480 g/mol. The number of aryl methyl sites for hydroxylation is 2. The van der Waals surface area contributed by atoms with E-state index < -0.39 is 15.8 Å². The van der Waals surface area contributed by atoms with Gasteiger partial charge in [0.2, 0.25) is 10.0 Å². The maximum Gasteiger partial charge on any atom is 0.421 e. The van der Waals surface area contributed by atoms with Crippen molar-refractivity contribution in [3.63, 3.8) is 0 Å². The Bertz CT molecular complexity index is 1220. The molecule has 1 aliphatic rings. The molecule has 0 unspecified atom stereocenters. The topological polar surface area (TPSA) is 75.8 Å². The third-order valence-corrected chi connectivity index (χ3v) is 7.81. The van der Waals surface area contributed by atoms with E-state index in [1.54, 1.807) is 22.8 Å². The molecule has 3 aromatic rings. The zero-order valence-electron chi connectivity index (χ0n) is 16.3. The molecule has 1 aromatic heterocycles. The standard InChI is InChI=1S/C20H22BrN3O4S/c1-14-3-5-17(11-15(14)2)29(26,27)23-9-7-22(8-10-23)13-24-18-6-4-16(21)12-19(18)28-20(24)25/h3-6,11-12H,7-10,13H2,1-2H3. The number of sulfonamides is 1. The lowest BCUT2D eigenvalue weighted by atomic mass is 10.1. The van der Waals surface area contributed by atoms with Crippen LogP contribution in [0.15, 0.2) is 55.0 Å². The zero-order chi connectivity index (χ0) is 20.8. The van der Waals surface area contributed by atoms with Gasteiger partial charge in [-0.25, -0.2) is 13.2 Å². The first-order valence-corrected chi connectivity index (χ1v) is 11.6. The van der Waals surface area contributed by atoms with E-state index in [0.29, 0.717) is 43.3 Å². The van der Waals surface area contributed by atoms with Crippen LogP contribution in [0.25, 0.3) is 11.1 Å². The molecular weight excluding hydrogens is 458 g/mol. The second-order valence-electron chi connectivity index (χ2n) is 7.32. The third-order valence-electron chi connectivity index (χ3n) is 5.42. The second kappa shape index (κ2) is 7.71. The summed E-state index contributed by atoms with van der Waals surface area (Å²) in [4.78, 5) is 14.6. The molecule has 154 valence electrons. The minimum atomic E-state index is -3.52. The van der Waals surface area contributed by atoms with Crippen LogP contribution in [0.3, 0.4) is 0 Å². The van der Waals surface area contributed by atoms with Gasteiger partial charge in [0.1, 0.15) is 0 Å². The van der Waals surface area contributed by atoms with Crippen molar-refractivity contribution in [3.05, 3.63) is 62.5 Å². The van der Waals surface area contributed by atoms with Crippen LogP contribution in [-0.2, 0) is 16.7 Å². The monoisotopic (exact) mass is 479 g/mol. The van der Waals surface area contributed by atoms with Crippen LogP contribution in [0.2, 0.25) is 0 Å². The van der Waals surface area contributed by atoms with E-state index in [2.05, 4.69) is 20.8 Å². The summed E-state index contributed by atoms with van der Waals surface area (Å²) in [6.45, 7) is 6.09. The van der Waals surface area contributed by atoms with Gasteiger partial charge in [0.25, 0.3) is 0 Å². The largest absolute Gasteiger partial charge is 0.421 e. The smallest absolute Gasteiger partial charge is 0.408 e. The highest BCUT2D eigenvalue weighted by Crippen LogP contribution is 2.22. The maximum atomic E-state index is 13.0. The van der Waals surface area contributed by atoms with Gasteiger partial charge in [-0.15, -0.1) is 0 Å². The quantitative estimate of drug-likeness (QED) is 0.574. The van der Waals surface area contributed by atoms with E-state index in [9.17, 15) is 13.2 Å². The van der Waals surface area contributed by atoms with E-state index in [4.69, 9.17) is 4.42 Å². The van der Waals surface area contributed by atoms with Gasteiger partial charge in [0, 0.05) is 30.7 Å². The van der Waals surface area contributed by atoms with Crippen LogP contribution in [0.1, 0.15) is 11.1 Å². The van der Waals surface area contributed by atoms with E-state index >= 15 is 0 Å². The Morgan fingerprint density at radius 2 is 1.72 bits per heavy atom. The molecule has 0 saturated carbocycles. The lowest BCUT2D eigenvalue weighted by Gasteiger charge is -2.33. The van der Waals surface area contributed by atoms with Crippen LogP contribution >= 0.6 is 15.9 Å². The van der Waals surface area contributed by atoms with Gasteiger partial charge in [0.05, 0.1) is 17.1 Å². The molecule has 1 saturated heterocycles. The highest BCUT2D eigenvalue weighted by atomic mass is 79.9. The Balaban J connectivity index is 1.48. The number of nitrogens with zero attached hydrogens (tertiary/aromatic N) is 3. The van der Waals surface area contributed by atoms with Gasteiger partial charge >= 0.3 is 5.76 Å². The second-order valence-corrected chi connectivity index (χ2v) is 10.2. The molecule has 0 aliphatic carbocycles. The molecule has 9 heteroatoms. The van der Waals surface area contributed by atoms with E-state index in [-0.39, 0.29) is 0 Å². The SMILES string of the molecule is Cc1ccc(S(=O)(=O)N2CCN(Cn3c(=O)oc4cc(Br)ccc43)CC2)cc1C. The number of aromatic nitrogens is 1. The summed E-state index contributed by atoms with van der Waals surface area (Å²) in [6.07, 6.45) is 0. The number of hydrogen-bond acceptors (Lipinski definition) is 5. The lowest BCUT2D eigenvalue weighted by molar-refractivity contribution is 0.150.